The number of benzene rings is 1. The van der Waals surface area contributed by atoms with E-state index in [2.05, 4.69) is 4.72 Å². The molecule has 5 nitrogen and oxygen atoms in total. The first-order chi connectivity index (χ1) is 8.83. The van der Waals surface area contributed by atoms with E-state index in [1.807, 2.05) is 19.9 Å². The number of nitrogens with one attached hydrogen (secondary N) is 1. The normalized spacial score (nSPS) is 13.5. The average molecular weight is 286 g/mol. The Hall–Kier alpha value is -1.11. The van der Waals surface area contributed by atoms with Crippen molar-refractivity contribution in [3.05, 3.63) is 23.3 Å². The summed E-state index contributed by atoms with van der Waals surface area (Å²) in [6, 6.07) is 3.18. The predicted molar refractivity (Wildman–Crippen MR) is 76.6 cm³/mol. The summed E-state index contributed by atoms with van der Waals surface area (Å²) in [6.45, 7) is 5.86. The van der Waals surface area contributed by atoms with E-state index in [1.54, 1.807) is 20.1 Å². The summed E-state index contributed by atoms with van der Waals surface area (Å²) < 4.78 is 32.5. The second-order valence-electron chi connectivity index (χ2n) is 4.61. The molecule has 1 rings (SSSR count). The zero-order chi connectivity index (χ0) is 14.6. The molecule has 0 bridgehead atoms. The first-order valence-corrected chi connectivity index (χ1v) is 7.68. The number of sulfonamides is 1. The molecule has 0 aliphatic rings. The maximum Gasteiger partial charge on any atom is 0.243 e. The van der Waals surface area contributed by atoms with Crippen molar-refractivity contribution >= 4 is 15.7 Å². The zero-order valence-electron chi connectivity index (χ0n) is 11.9. The minimum absolute atomic E-state index is 0.169. The van der Waals surface area contributed by atoms with Crippen LogP contribution >= 0.6 is 0 Å². The summed E-state index contributed by atoms with van der Waals surface area (Å²) in [6.07, 6.45) is 0.651. The van der Waals surface area contributed by atoms with Crippen LogP contribution in [0.1, 0.15) is 24.5 Å². The lowest BCUT2D eigenvalue weighted by atomic mass is 10.1. The number of rotatable bonds is 6. The van der Waals surface area contributed by atoms with Crippen LogP contribution in [0.3, 0.4) is 0 Å². The van der Waals surface area contributed by atoms with E-state index in [0.29, 0.717) is 18.6 Å². The minimum atomic E-state index is -3.63. The number of nitrogens with two attached hydrogens (primary N) is 1. The molecule has 0 heterocycles. The molecule has 0 aromatic heterocycles. The molecule has 19 heavy (non-hydrogen) atoms. The molecule has 3 N–H and O–H groups in total. The van der Waals surface area contributed by atoms with Gasteiger partial charge in [-0.15, -0.1) is 0 Å². The van der Waals surface area contributed by atoms with E-state index >= 15 is 0 Å². The Bertz CT molecular complexity index is 541. The smallest absolute Gasteiger partial charge is 0.243 e. The van der Waals surface area contributed by atoms with Crippen LogP contribution in [0.2, 0.25) is 0 Å². The molecule has 1 unspecified atom stereocenters. The highest BCUT2D eigenvalue weighted by Gasteiger charge is 2.24. The van der Waals surface area contributed by atoms with Crippen molar-refractivity contribution in [2.75, 3.05) is 19.5 Å². The molecule has 6 heteroatoms. The predicted octanol–water partition coefficient (Wildman–Crippen LogP) is 1.59. The van der Waals surface area contributed by atoms with Gasteiger partial charge in [0.15, 0.2) is 0 Å². The number of anilines is 1. The van der Waals surface area contributed by atoms with Crippen LogP contribution in [-0.4, -0.2) is 28.2 Å². The van der Waals surface area contributed by atoms with Crippen molar-refractivity contribution in [1.82, 2.24) is 4.72 Å². The molecule has 0 aliphatic heterocycles. The Kier molecular flexibility index (Phi) is 5.34. The number of aryl methyl sites for hydroxylation is 1. The van der Waals surface area contributed by atoms with Crippen molar-refractivity contribution in [2.24, 2.45) is 0 Å². The fourth-order valence-electron chi connectivity index (χ4n) is 1.88. The largest absolute Gasteiger partial charge is 0.398 e. The van der Waals surface area contributed by atoms with Gasteiger partial charge < -0.3 is 10.5 Å². The third-order valence-electron chi connectivity index (χ3n) is 3.16. The Morgan fingerprint density at radius 1 is 1.37 bits per heavy atom. The Balaban J connectivity index is 3.17. The molecule has 0 aliphatic carbocycles. The summed E-state index contributed by atoms with van der Waals surface area (Å²) in [5.41, 5.74) is 7.66. The highest BCUT2D eigenvalue weighted by molar-refractivity contribution is 7.89. The van der Waals surface area contributed by atoms with Crippen LogP contribution in [0.15, 0.2) is 17.0 Å². The summed E-state index contributed by atoms with van der Waals surface area (Å²) in [5.74, 6) is 0. The van der Waals surface area contributed by atoms with Crippen molar-refractivity contribution in [3.63, 3.8) is 0 Å². The summed E-state index contributed by atoms with van der Waals surface area (Å²) in [5, 5.41) is 0. The van der Waals surface area contributed by atoms with Crippen molar-refractivity contribution < 1.29 is 13.2 Å². The van der Waals surface area contributed by atoms with E-state index in [4.69, 9.17) is 10.5 Å². The number of hydrogen-bond donors (Lipinski definition) is 2. The number of methoxy groups -OCH3 is 1. The number of hydrogen-bond acceptors (Lipinski definition) is 4. The van der Waals surface area contributed by atoms with E-state index in [0.717, 1.165) is 5.56 Å². The van der Waals surface area contributed by atoms with Gasteiger partial charge in [-0.25, -0.2) is 13.1 Å². The lowest BCUT2D eigenvalue weighted by molar-refractivity contribution is 0.173. The maximum absolute atomic E-state index is 12.4. The molecule has 1 aromatic carbocycles. The van der Waals surface area contributed by atoms with Crippen LogP contribution in [0.4, 0.5) is 5.69 Å². The van der Waals surface area contributed by atoms with Gasteiger partial charge in [0.1, 0.15) is 4.90 Å². The quantitative estimate of drug-likeness (QED) is 0.778. The van der Waals surface area contributed by atoms with E-state index in [9.17, 15) is 8.42 Å². The van der Waals surface area contributed by atoms with Crippen LogP contribution in [-0.2, 0) is 14.8 Å². The molecule has 0 saturated carbocycles. The van der Waals surface area contributed by atoms with Crippen LogP contribution in [0, 0.1) is 13.8 Å². The van der Waals surface area contributed by atoms with Gasteiger partial charge in [-0.2, -0.15) is 0 Å². The van der Waals surface area contributed by atoms with Crippen molar-refractivity contribution in [1.29, 1.82) is 0 Å². The standard InChI is InChI=1S/C13H22N2O3S/c1-5-11(8-18-4)15-19(16,17)13-10(3)9(2)6-7-12(13)14/h6-7,11,15H,5,8,14H2,1-4H3. The summed E-state index contributed by atoms with van der Waals surface area (Å²) in [7, 11) is -2.09. The monoisotopic (exact) mass is 286 g/mol. The molecule has 108 valence electrons. The fraction of sp³-hybridized carbons (Fsp3) is 0.538. The van der Waals surface area contributed by atoms with Gasteiger partial charge in [0.2, 0.25) is 10.0 Å². The third-order valence-corrected chi connectivity index (χ3v) is 4.88. The molecular formula is C13H22N2O3S. The molecular weight excluding hydrogens is 264 g/mol. The van der Waals surface area contributed by atoms with Gasteiger partial charge in [-0.1, -0.05) is 13.0 Å². The Morgan fingerprint density at radius 3 is 2.53 bits per heavy atom. The Labute approximate surface area is 115 Å². The second kappa shape index (κ2) is 6.36. The van der Waals surface area contributed by atoms with Crippen molar-refractivity contribution in [3.8, 4) is 0 Å². The van der Waals surface area contributed by atoms with E-state index < -0.39 is 10.0 Å². The minimum Gasteiger partial charge on any atom is -0.398 e. The fourth-order valence-corrected chi connectivity index (χ4v) is 3.62. The molecule has 0 spiro atoms. The third kappa shape index (κ3) is 3.68. The van der Waals surface area contributed by atoms with Gasteiger partial charge in [-0.3, -0.25) is 0 Å². The molecule has 0 fully saturated rings. The van der Waals surface area contributed by atoms with Crippen LogP contribution < -0.4 is 10.5 Å². The molecule has 1 atom stereocenters. The highest BCUT2D eigenvalue weighted by Crippen LogP contribution is 2.25. The second-order valence-corrected chi connectivity index (χ2v) is 6.26. The topological polar surface area (TPSA) is 81.4 Å². The SMILES string of the molecule is CCC(COC)NS(=O)(=O)c1c(N)ccc(C)c1C. The van der Waals surface area contributed by atoms with E-state index in [-0.39, 0.29) is 16.6 Å². The van der Waals surface area contributed by atoms with Crippen LogP contribution in [0.5, 0.6) is 0 Å². The van der Waals surface area contributed by atoms with Gasteiger partial charge in [0, 0.05) is 13.2 Å². The molecule has 0 radical (unpaired) electrons. The summed E-state index contributed by atoms with van der Waals surface area (Å²) in [4.78, 5) is 0.169. The zero-order valence-corrected chi connectivity index (χ0v) is 12.7. The Morgan fingerprint density at radius 2 is 2.00 bits per heavy atom. The number of nitrogen functional groups attached to an aromatic ring is 1. The number of ether oxygens (including phenoxy) is 1. The first kappa shape index (κ1) is 15.9. The molecule has 0 saturated heterocycles. The van der Waals surface area contributed by atoms with E-state index in [1.165, 1.54) is 0 Å². The molecule has 1 aromatic rings. The van der Waals surface area contributed by atoms with Gasteiger partial charge in [0.05, 0.1) is 12.3 Å². The van der Waals surface area contributed by atoms with Gasteiger partial charge in [-0.05, 0) is 37.5 Å². The highest BCUT2D eigenvalue weighted by atomic mass is 32.2. The van der Waals surface area contributed by atoms with Crippen LogP contribution in [0.25, 0.3) is 0 Å². The van der Waals surface area contributed by atoms with Gasteiger partial charge >= 0.3 is 0 Å². The summed E-state index contributed by atoms with van der Waals surface area (Å²) >= 11 is 0. The first-order valence-electron chi connectivity index (χ1n) is 6.20. The molecule has 0 amide bonds. The maximum atomic E-state index is 12.4. The van der Waals surface area contributed by atoms with Gasteiger partial charge in [0.25, 0.3) is 0 Å². The lowest BCUT2D eigenvalue weighted by Gasteiger charge is -2.19. The van der Waals surface area contributed by atoms with Crippen molar-refractivity contribution in [2.45, 2.75) is 38.1 Å². The lowest BCUT2D eigenvalue weighted by Crippen LogP contribution is -2.38. The average Bonchev–Trinajstić information content (AvgIpc) is 2.33.